The van der Waals surface area contributed by atoms with Crippen molar-refractivity contribution in [1.82, 2.24) is 0 Å². The molecule has 0 radical (unpaired) electrons. The Balaban J connectivity index is 2.34. The maximum atomic E-state index is 13.0. The SMILES string of the molecule is COC(=O)C1([Se]c2ccccc2)CC(=C(F)F)[C@@H](C)C1. The first-order valence-corrected chi connectivity index (χ1v) is 8.06. The molecule has 20 heavy (non-hydrogen) atoms. The number of hydrogen-bond donors (Lipinski definition) is 0. The minimum absolute atomic E-state index is 0.105. The molecule has 2 rings (SSSR count). The quantitative estimate of drug-likeness (QED) is 0.622. The van der Waals surface area contributed by atoms with Crippen molar-refractivity contribution in [2.24, 2.45) is 5.92 Å². The molecule has 0 aromatic heterocycles. The Morgan fingerprint density at radius 2 is 2.00 bits per heavy atom. The van der Waals surface area contributed by atoms with Gasteiger partial charge in [-0.2, -0.15) is 0 Å². The molecule has 1 aliphatic carbocycles. The molecular formula is C15H16F2O2Se. The third kappa shape index (κ3) is 2.94. The van der Waals surface area contributed by atoms with Crippen LogP contribution in [0.3, 0.4) is 0 Å². The number of methoxy groups -OCH3 is 1. The van der Waals surface area contributed by atoms with Gasteiger partial charge in [0.25, 0.3) is 0 Å². The Bertz CT molecular complexity index is 526. The van der Waals surface area contributed by atoms with Gasteiger partial charge in [-0.1, -0.05) is 0 Å². The van der Waals surface area contributed by atoms with Crippen molar-refractivity contribution in [2.75, 3.05) is 7.11 Å². The Morgan fingerprint density at radius 3 is 2.50 bits per heavy atom. The number of esters is 1. The van der Waals surface area contributed by atoms with E-state index in [4.69, 9.17) is 4.74 Å². The fourth-order valence-corrected chi connectivity index (χ4v) is 5.69. The summed E-state index contributed by atoms with van der Waals surface area (Å²) in [5.74, 6) is -0.644. The van der Waals surface area contributed by atoms with E-state index < -0.39 is 10.4 Å². The van der Waals surface area contributed by atoms with Crippen LogP contribution in [0.5, 0.6) is 0 Å². The summed E-state index contributed by atoms with van der Waals surface area (Å²) in [6.45, 7) is 1.75. The van der Waals surface area contributed by atoms with Gasteiger partial charge in [-0.25, -0.2) is 0 Å². The van der Waals surface area contributed by atoms with Crippen molar-refractivity contribution in [1.29, 1.82) is 0 Å². The van der Waals surface area contributed by atoms with Gasteiger partial charge in [0.2, 0.25) is 0 Å². The van der Waals surface area contributed by atoms with Crippen molar-refractivity contribution >= 4 is 25.4 Å². The monoisotopic (exact) mass is 346 g/mol. The van der Waals surface area contributed by atoms with E-state index in [0.29, 0.717) is 6.42 Å². The predicted octanol–water partition coefficient (Wildman–Crippen LogP) is 2.93. The predicted molar refractivity (Wildman–Crippen MR) is 74.2 cm³/mol. The number of halogens is 2. The van der Waals surface area contributed by atoms with Gasteiger partial charge in [-0.15, -0.1) is 0 Å². The van der Waals surface area contributed by atoms with E-state index in [0.717, 1.165) is 4.46 Å². The van der Waals surface area contributed by atoms with Crippen LogP contribution in [0, 0.1) is 5.92 Å². The van der Waals surface area contributed by atoms with E-state index in [1.54, 1.807) is 6.92 Å². The molecule has 1 aromatic carbocycles. The zero-order chi connectivity index (χ0) is 14.8. The molecule has 1 aliphatic rings. The van der Waals surface area contributed by atoms with E-state index in [-0.39, 0.29) is 38.8 Å². The zero-order valence-corrected chi connectivity index (χ0v) is 13.1. The molecule has 1 aromatic rings. The van der Waals surface area contributed by atoms with E-state index >= 15 is 0 Å². The van der Waals surface area contributed by atoms with Crippen LogP contribution in [0.4, 0.5) is 8.78 Å². The first kappa shape index (κ1) is 15.2. The fraction of sp³-hybridized carbons (Fsp3) is 0.400. The Kier molecular flexibility index (Phi) is 4.61. The second-order valence-electron chi connectivity index (χ2n) is 4.97. The van der Waals surface area contributed by atoms with Crippen molar-refractivity contribution in [3.8, 4) is 0 Å². The molecule has 0 N–H and O–H groups in total. The van der Waals surface area contributed by atoms with E-state index in [1.165, 1.54) is 7.11 Å². The Morgan fingerprint density at radius 1 is 1.35 bits per heavy atom. The third-order valence-electron chi connectivity index (χ3n) is 3.56. The number of carbonyl (C=O) groups is 1. The van der Waals surface area contributed by atoms with Gasteiger partial charge in [-0.3, -0.25) is 0 Å². The number of carbonyl (C=O) groups excluding carboxylic acids is 1. The number of ether oxygens (including phenoxy) is 1. The maximum absolute atomic E-state index is 13.0. The van der Waals surface area contributed by atoms with Crippen LogP contribution >= 0.6 is 0 Å². The molecule has 0 bridgehead atoms. The number of rotatable bonds is 3. The van der Waals surface area contributed by atoms with Gasteiger partial charge in [-0.05, 0) is 0 Å². The molecule has 0 heterocycles. The molecule has 2 atom stereocenters. The molecule has 1 saturated carbocycles. The average Bonchev–Trinajstić information content (AvgIpc) is 2.77. The molecule has 1 unspecified atom stereocenters. The average molecular weight is 345 g/mol. The molecule has 0 amide bonds. The first-order chi connectivity index (χ1) is 9.48. The summed E-state index contributed by atoms with van der Waals surface area (Å²) in [7, 11) is 1.32. The Hall–Kier alpha value is -1.19. The normalized spacial score (nSPS) is 25.6. The molecule has 0 saturated heterocycles. The summed E-state index contributed by atoms with van der Waals surface area (Å²) >= 11 is -0.229. The number of benzene rings is 1. The van der Waals surface area contributed by atoms with Gasteiger partial charge in [0, 0.05) is 0 Å². The van der Waals surface area contributed by atoms with Crippen LogP contribution in [0.25, 0.3) is 0 Å². The second kappa shape index (κ2) is 6.06. The summed E-state index contributed by atoms with van der Waals surface area (Å²) in [6.07, 6.45) is -1.11. The van der Waals surface area contributed by atoms with Gasteiger partial charge >= 0.3 is 123 Å². The number of allylic oxidation sites excluding steroid dienone is 1. The van der Waals surface area contributed by atoms with Gasteiger partial charge < -0.3 is 0 Å². The van der Waals surface area contributed by atoms with Crippen LogP contribution in [-0.4, -0.2) is 28.0 Å². The molecule has 108 valence electrons. The molecule has 5 heteroatoms. The minimum atomic E-state index is -1.65. The van der Waals surface area contributed by atoms with E-state index in [1.807, 2.05) is 30.3 Å². The molecule has 1 fully saturated rings. The summed E-state index contributed by atoms with van der Waals surface area (Å²) in [4.78, 5) is 12.2. The first-order valence-electron chi connectivity index (χ1n) is 6.35. The van der Waals surface area contributed by atoms with Crippen molar-refractivity contribution in [3.63, 3.8) is 0 Å². The topological polar surface area (TPSA) is 26.3 Å². The molecule has 2 nitrogen and oxygen atoms in total. The summed E-state index contributed by atoms with van der Waals surface area (Å²) in [5, 5.41) is 0. The van der Waals surface area contributed by atoms with Crippen LogP contribution in [-0.2, 0) is 9.53 Å². The Labute approximate surface area is 123 Å². The molecule has 0 aliphatic heterocycles. The zero-order valence-electron chi connectivity index (χ0n) is 11.4. The summed E-state index contributed by atoms with van der Waals surface area (Å²) in [5.41, 5.74) is 0.105. The van der Waals surface area contributed by atoms with E-state index in [2.05, 4.69) is 0 Å². The molecule has 0 spiro atoms. The van der Waals surface area contributed by atoms with Gasteiger partial charge in [0.05, 0.1) is 0 Å². The number of hydrogen-bond acceptors (Lipinski definition) is 2. The standard InChI is InChI=1S/C15H16F2O2Se/c1-10-8-15(14(18)19-2,9-12(10)13(16)17)20-11-6-4-3-5-7-11/h3-7,10H,8-9H2,1-2H3/t10-,15?/m0/s1. The summed E-state index contributed by atoms with van der Waals surface area (Å²) in [6, 6.07) is 9.56. The van der Waals surface area contributed by atoms with Crippen LogP contribution in [0.15, 0.2) is 42.0 Å². The fourth-order valence-electron chi connectivity index (χ4n) is 2.60. The van der Waals surface area contributed by atoms with Gasteiger partial charge in [0.1, 0.15) is 0 Å². The van der Waals surface area contributed by atoms with Crippen LogP contribution in [0.1, 0.15) is 19.8 Å². The van der Waals surface area contributed by atoms with Crippen molar-refractivity contribution in [3.05, 3.63) is 42.0 Å². The summed E-state index contributed by atoms with van der Waals surface area (Å²) < 4.78 is 31.1. The second-order valence-corrected chi connectivity index (χ2v) is 8.03. The third-order valence-corrected chi connectivity index (χ3v) is 6.45. The van der Waals surface area contributed by atoms with Crippen LogP contribution in [0.2, 0.25) is 4.31 Å². The van der Waals surface area contributed by atoms with Crippen molar-refractivity contribution in [2.45, 2.75) is 24.1 Å². The van der Waals surface area contributed by atoms with Gasteiger partial charge in [0.15, 0.2) is 0 Å². The van der Waals surface area contributed by atoms with E-state index in [9.17, 15) is 13.6 Å². The van der Waals surface area contributed by atoms with Crippen molar-refractivity contribution < 1.29 is 18.3 Å². The molecular weight excluding hydrogens is 329 g/mol. The van der Waals surface area contributed by atoms with Crippen LogP contribution < -0.4 is 4.46 Å².